The van der Waals surface area contributed by atoms with E-state index in [1.54, 1.807) is 0 Å². The molecule has 2 heterocycles. The van der Waals surface area contributed by atoms with Crippen molar-refractivity contribution in [1.29, 1.82) is 0 Å². The summed E-state index contributed by atoms with van der Waals surface area (Å²) in [4.78, 5) is 9.49. The molecule has 0 atom stereocenters. The predicted molar refractivity (Wildman–Crippen MR) is 104 cm³/mol. The number of rotatable bonds is 5. The predicted octanol–water partition coefficient (Wildman–Crippen LogP) is 3.76. The molecule has 1 saturated carbocycles. The van der Waals surface area contributed by atoms with E-state index in [0.717, 1.165) is 55.6 Å². The third-order valence-electron chi connectivity index (χ3n) is 5.52. The van der Waals surface area contributed by atoms with E-state index in [9.17, 15) is 13.2 Å². The van der Waals surface area contributed by atoms with Gasteiger partial charge in [-0.2, -0.15) is 13.2 Å². The minimum Gasteiger partial charge on any atom is -0.354 e. The molecular formula is C21H25F3N4. The van der Waals surface area contributed by atoms with Gasteiger partial charge in [0.1, 0.15) is 5.82 Å². The zero-order valence-electron chi connectivity index (χ0n) is 15.8. The van der Waals surface area contributed by atoms with Gasteiger partial charge in [-0.05, 0) is 48.6 Å². The Balaban J connectivity index is 1.53. The van der Waals surface area contributed by atoms with Crippen molar-refractivity contribution >= 4 is 5.82 Å². The number of aromatic nitrogens is 1. The fourth-order valence-electron chi connectivity index (χ4n) is 3.65. The number of nitrogens with two attached hydrogens (primary N) is 1. The van der Waals surface area contributed by atoms with E-state index in [1.165, 1.54) is 31.5 Å². The van der Waals surface area contributed by atoms with Gasteiger partial charge < -0.3 is 10.6 Å². The van der Waals surface area contributed by atoms with Gasteiger partial charge in [0.15, 0.2) is 0 Å². The summed E-state index contributed by atoms with van der Waals surface area (Å²) < 4.78 is 38.5. The van der Waals surface area contributed by atoms with E-state index < -0.39 is 11.7 Å². The molecular weight excluding hydrogens is 365 g/mol. The molecule has 1 aliphatic heterocycles. The molecule has 0 spiro atoms. The highest BCUT2D eigenvalue weighted by molar-refractivity contribution is 5.63. The maximum absolute atomic E-state index is 12.8. The Morgan fingerprint density at radius 1 is 1.00 bits per heavy atom. The summed E-state index contributed by atoms with van der Waals surface area (Å²) in [5.41, 5.74) is 7.46. The Labute approximate surface area is 163 Å². The van der Waals surface area contributed by atoms with Gasteiger partial charge in [-0.1, -0.05) is 12.1 Å². The number of benzene rings is 1. The van der Waals surface area contributed by atoms with E-state index in [2.05, 4.69) is 9.80 Å². The lowest BCUT2D eigenvalue weighted by molar-refractivity contribution is -0.137. The lowest BCUT2D eigenvalue weighted by Gasteiger charge is -2.35. The van der Waals surface area contributed by atoms with Gasteiger partial charge in [0.05, 0.1) is 11.3 Å². The van der Waals surface area contributed by atoms with Crippen LogP contribution in [0, 0.1) is 5.92 Å². The van der Waals surface area contributed by atoms with Crippen molar-refractivity contribution in [2.24, 2.45) is 11.7 Å². The third kappa shape index (κ3) is 4.47. The van der Waals surface area contributed by atoms with Crippen molar-refractivity contribution in [3.05, 3.63) is 47.5 Å². The molecule has 7 heteroatoms. The molecule has 1 aromatic carbocycles. The van der Waals surface area contributed by atoms with Gasteiger partial charge >= 0.3 is 6.18 Å². The minimum absolute atomic E-state index is 0.366. The first kappa shape index (κ1) is 19.2. The van der Waals surface area contributed by atoms with Crippen LogP contribution in [0.2, 0.25) is 0 Å². The van der Waals surface area contributed by atoms with E-state index in [1.807, 2.05) is 12.1 Å². The van der Waals surface area contributed by atoms with Crippen LogP contribution in [0.1, 0.15) is 24.0 Å². The Morgan fingerprint density at radius 2 is 1.68 bits per heavy atom. The molecule has 1 aliphatic carbocycles. The van der Waals surface area contributed by atoms with Crippen LogP contribution in [0.3, 0.4) is 0 Å². The van der Waals surface area contributed by atoms with Gasteiger partial charge in [0, 0.05) is 44.8 Å². The fourth-order valence-corrected chi connectivity index (χ4v) is 3.65. The zero-order chi connectivity index (χ0) is 19.7. The Morgan fingerprint density at radius 3 is 2.25 bits per heavy atom. The average Bonchev–Trinajstić information content (AvgIpc) is 3.51. The van der Waals surface area contributed by atoms with Gasteiger partial charge in [-0.3, -0.25) is 4.90 Å². The van der Waals surface area contributed by atoms with Gasteiger partial charge in [0.25, 0.3) is 0 Å². The van der Waals surface area contributed by atoms with Crippen LogP contribution in [0.25, 0.3) is 11.3 Å². The number of hydrogen-bond donors (Lipinski definition) is 1. The van der Waals surface area contributed by atoms with Crippen LogP contribution in [0.15, 0.2) is 36.4 Å². The van der Waals surface area contributed by atoms with Crippen LogP contribution < -0.4 is 10.6 Å². The highest BCUT2D eigenvalue weighted by Gasteiger charge is 2.30. The summed E-state index contributed by atoms with van der Waals surface area (Å²) in [7, 11) is 0. The Hall–Kier alpha value is -2.12. The second-order valence-corrected chi connectivity index (χ2v) is 7.73. The van der Waals surface area contributed by atoms with Crippen LogP contribution >= 0.6 is 0 Å². The topological polar surface area (TPSA) is 45.4 Å². The Bertz CT molecular complexity index is 807. The summed E-state index contributed by atoms with van der Waals surface area (Å²) >= 11 is 0. The third-order valence-corrected chi connectivity index (χ3v) is 5.52. The SMILES string of the molecule is NCc1cc(-c2ccc(C(F)(F)F)cc2)nc(N2CCN(CC3CC3)CC2)c1. The summed E-state index contributed by atoms with van der Waals surface area (Å²) in [5.74, 6) is 1.74. The highest BCUT2D eigenvalue weighted by Crippen LogP contribution is 2.32. The lowest BCUT2D eigenvalue weighted by atomic mass is 10.1. The van der Waals surface area contributed by atoms with Crippen molar-refractivity contribution in [2.45, 2.75) is 25.6 Å². The van der Waals surface area contributed by atoms with Crippen molar-refractivity contribution in [2.75, 3.05) is 37.6 Å². The molecule has 4 rings (SSSR count). The van der Waals surface area contributed by atoms with Crippen LogP contribution in [-0.2, 0) is 12.7 Å². The van der Waals surface area contributed by atoms with Crippen LogP contribution in [0.5, 0.6) is 0 Å². The average molecular weight is 390 g/mol. The first-order valence-corrected chi connectivity index (χ1v) is 9.78. The van der Waals surface area contributed by atoms with Gasteiger partial charge in [-0.15, -0.1) is 0 Å². The number of anilines is 1. The standard InChI is InChI=1S/C21H25F3N4/c22-21(23,24)18-5-3-17(4-6-18)19-11-16(13-25)12-20(26-19)28-9-7-27(8-10-28)14-15-1-2-15/h3-6,11-12,15H,1-2,7-10,13-14,25H2. The largest absolute Gasteiger partial charge is 0.416 e. The minimum atomic E-state index is -4.34. The fraction of sp³-hybridized carbons (Fsp3) is 0.476. The molecule has 28 heavy (non-hydrogen) atoms. The maximum atomic E-state index is 12.8. The molecule has 0 bridgehead atoms. The number of halogens is 3. The number of alkyl halides is 3. The molecule has 2 aliphatic rings. The smallest absolute Gasteiger partial charge is 0.354 e. The van der Waals surface area contributed by atoms with Crippen molar-refractivity contribution in [3.8, 4) is 11.3 Å². The quantitative estimate of drug-likeness (QED) is 0.845. The second kappa shape index (κ2) is 7.72. The number of piperazine rings is 1. The molecule has 2 N–H and O–H groups in total. The van der Waals surface area contributed by atoms with Crippen molar-refractivity contribution in [1.82, 2.24) is 9.88 Å². The zero-order valence-corrected chi connectivity index (χ0v) is 15.8. The molecule has 0 amide bonds. The van der Waals surface area contributed by atoms with Crippen molar-refractivity contribution in [3.63, 3.8) is 0 Å². The van der Waals surface area contributed by atoms with Crippen molar-refractivity contribution < 1.29 is 13.2 Å². The molecule has 1 saturated heterocycles. The molecule has 2 aromatic rings. The first-order valence-electron chi connectivity index (χ1n) is 9.78. The number of pyridine rings is 1. The van der Waals surface area contributed by atoms with Gasteiger partial charge in [-0.25, -0.2) is 4.98 Å². The summed E-state index contributed by atoms with van der Waals surface area (Å²) in [6.07, 6.45) is -1.62. The van der Waals surface area contributed by atoms with Gasteiger partial charge in [0.2, 0.25) is 0 Å². The van der Waals surface area contributed by atoms with E-state index in [4.69, 9.17) is 10.7 Å². The first-order chi connectivity index (χ1) is 13.4. The monoisotopic (exact) mass is 390 g/mol. The van der Waals surface area contributed by atoms with Crippen LogP contribution in [0.4, 0.5) is 19.0 Å². The number of hydrogen-bond acceptors (Lipinski definition) is 4. The molecule has 150 valence electrons. The second-order valence-electron chi connectivity index (χ2n) is 7.73. The molecule has 0 radical (unpaired) electrons. The molecule has 0 unspecified atom stereocenters. The van der Waals surface area contributed by atoms with E-state index in [-0.39, 0.29) is 0 Å². The number of nitrogens with zero attached hydrogens (tertiary/aromatic N) is 3. The highest BCUT2D eigenvalue weighted by atomic mass is 19.4. The molecule has 4 nitrogen and oxygen atoms in total. The molecule has 2 fully saturated rings. The van der Waals surface area contributed by atoms with E-state index >= 15 is 0 Å². The summed E-state index contributed by atoms with van der Waals surface area (Å²) in [6, 6.07) is 9.00. The van der Waals surface area contributed by atoms with Crippen LogP contribution in [-0.4, -0.2) is 42.6 Å². The summed E-state index contributed by atoms with van der Waals surface area (Å²) in [6.45, 7) is 5.40. The van der Waals surface area contributed by atoms with E-state index in [0.29, 0.717) is 17.8 Å². The Kier molecular flexibility index (Phi) is 5.29. The maximum Gasteiger partial charge on any atom is 0.416 e. The summed E-state index contributed by atoms with van der Waals surface area (Å²) in [5, 5.41) is 0. The normalized spacial score (nSPS) is 18.5. The lowest BCUT2D eigenvalue weighted by Crippen LogP contribution is -2.47. The molecule has 1 aromatic heterocycles.